The van der Waals surface area contributed by atoms with Crippen LogP contribution in [0, 0.1) is 30.3 Å². The second kappa shape index (κ2) is 7.35. The lowest BCUT2D eigenvalue weighted by atomic mass is 10.0. The normalized spacial score (nSPS) is 11.8. The Bertz CT molecular complexity index is 1050. The lowest BCUT2D eigenvalue weighted by molar-refractivity contribution is -0.394. The van der Waals surface area contributed by atoms with E-state index in [0.717, 1.165) is 25.0 Å². The summed E-state index contributed by atoms with van der Waals surface area (Å²) in [6, 6.07) is 4.39. The molecule has 0 saturated carbocycles. The molecule has 2 aromatic rings. The predicted octanol–water partition coefficient (Wildman–Crippen LogP) is 4.51. The highest BCUT2D eigenvalue weighted by molar-refractivity contribution is 7.99. The number of non-ortho nitro benzene ring substituents is 1. The van der Waals surface area contributed by atoms with Crippen molar-refractivity contribution < 1.29 is 19.6 Å². The first-order valence-corrected chi connectivity index (χ1v) is 9.22. The van der Waals surface area contributed by atoms with Crippen LogP contribution in [0.25, 0.3) is 11.1 Å². The van der Waals surface area contributed by atoms with Crippen molar-refractivity contribution in [2.75, 3.05) is 5.75 Å². The third-order valence-corrected chi connectivity index (χ3v) is 5.37. The van der Waals surface area contributed by atoms with E-state index in [9.17, 15) is 35.1 Å². The number of carbonyl (C=O) groups is 1. The molecule has 144 valence electrons. The van der Waals surface area contributed by atoms with Crippen LogP contribution in [0.4, 0.5) is 17.1 Å². The van der Waals surface area contributed by atoms with E-state index in [1.165, 1.54) is 23.9 Å². The number of benzene rings is 2. The topological polar surface area (TPSA) is 146 Å². The fraction of sp³-hybridized carbons (Fsp3) is 0.235. The highest BCUT2D eigenvalue weighted by atomic mass is 32.2. The molecule has 0 aromatic heterocycles. The first-order valence-electron chi connectivity index (χ1n) is 8.23. The maximum absolute atomic E-state index is 12.8. The molecule has 1 aliphatic rings. The van der Waals surface area contributed by atoms with Crippen LogP contribution in [0.5, 0.6) is 0 Å². The molecule has 0 fully saturated rings. The Balaban J connectivity index is 2.28. The molecule has 0 radical (unpaired) electrons. The Morgan fingerprint density at radius 1 is 0.857 bits per heavy atom. The minimum Gasteiger partial charge on any atom is -0.289 e. The van der Waals surface area contributed by atoms with Gasteiger partial charge in [-0.15, -0.1) is 11.8 Å². The maximum Gasteiger partial charge on any atom is 0.285 e. The van der Waals surface area contributed by atoms with Crippen molar-refractivity contribution in [3.05, 3.63) is 65.7 Å². The average molecular weight is 403 g/mol. The van der Waals surface area contributed by atoms with E-state index in [2.05, 4.69) is 0 Å². The van der Waals surface area contributed by atoms with Gasteiger partial charge in [0.25, 0.3) is 17.1 Å². The van der Waals surface area contributed by atoms with Crippen LogP contribution >= 0.6 is 11.8 Å². The minimum absolute atomic E-state index is 0.0493. The van der Waals surface area contributed by atoms with Crippen LogP contribution in [-0.2, 0) is 0 Å². The van der Waals surface area contributed by atoms with Gasteiger partial charge >= 0.3 is 0 Å². The standard InChI is InChI=1S/C17H13N3O7S/c1-2-3-4-28-10-7-12-16(14(8-10)20(26)27)15-11(17(12)21)5-9(18(22)23)6-13(15)19(24)25/h5-8H,2-4H2,1H3. The summed E-state index contributed by atoms with van der Waals surface area (Å²) in [6.45, 7) is 2.00. The summed E-state index contributed by atoms with van der Waals surface area (Å²) in [5.74, 6) is -0.00279. The van der Waals surface area contributed by atoms with E-state index in [1.54, 1.807) is 0 Å². The second-order valence-electron chi connectivity index (χ2n) is 6.05. The predicted molar refractivity (Wildman–Crippen MR) is 101 cm³/mol. The summed E-state index contributed by atoms with van der Waals surface area (Å²) in [5, 5.41) is 34.2. The highest BCUT2D eigenvalue weighted by Crippen LogP contribution is 2.49. The van der Waals surface area contributed by atoms with Gasteiger partial charge in [0.15, 0.2) is 5.78 Å². The van der Waals surface area contributed by atoms with Crippen molar-refractivity contribution >= 4 is 34.6 Å². The van der Waals surface area contributed by atoms with Gasteiger partial charge in [-0.25, -0.2) is 0 Å². The summed E-state index contributed by atoms with van der Waals surface area (Å²) >= 11 is 1.34. The zero-order valence-corrected chi connectivity index (χ0v) is 15.4. The number of hydrogen-bond acceptors (Lipinski definition) is 8. The molecule has 0 bridgehead atoms. The van der Waals surface area contributed by atoms with E-state index in [1.807, 2.05) is 6.92 Å². The van der Waals surface area contributed by atoms with Crippen molar-refractivity contribution in [1.82, 2.24) is 0 Å². The molecule has 3 rings (SSSR count). The van der Waals surface area contributed by atoms with E-state index in [0.29, 0.717) is 10.6 Å². The third kappa shape index (κ3) is 3.20. The minimum atomic E-state index is -0.873. The van der Waals surface area contributed by atoms with Gasteiger partial charge in [0.2, 0.25) is 0 Å². The van der Waals surface area contributed by atoms with Crippen LogP contribution < -0.4 is 0 Å². The quantitative estimate of drug-likeness (QED) is 0.242. The Kier molecular flexibility index (Phi) is 5.10. The number of thioether (sulfide) groups is 1. The van der Waals surface area contributed by atoms with Gasteiger partial charge in [-0.05, 0) is 18.2 Å². The molecule has 0 saturated heterocycles. The molecule has 10 nitrogen and oxygen atoms in total. The van der Waals surface area contributed by atoms with Gasteiger partial charge in [-0.1, -0.05) is 13.3 Å². The molecule has 0 atom stereocenters. The van der Waals surface area contributed by atoms with Crippen molar-refractivity contribution in [2.24, 2.45) is 0 Å². The molecule has 0 N–H and O–H groups in total. The van der Waals surface area contributed by atoms with Crippen LogP contribution in [-0.4, -0.2) is 26.3 Å². The lowest BCUT2D eigenvalue weighted by Gasteiger charge is -2.06. The number of hydrogen-bond donors (Lipinski definition) is 0. The number of nitro benzene ring substituents is 3. The van der Waals surface area contributed by atoms with E-state index < -0.39 is 37.6 Å². The van der Waals surface area contributed by atoms with Crippen molar-refractivity contribution in [3.63, 3.8) is 0 Å². The first kappa shape index (κ1) is 19.4. The first-order chi connectivity index (χ1) is 13.3. The molecule has 0 spiro atoms. The zero-order valence-electron chi connectivity index (χ0n) is 14.5. The Morgan fingerprint density at radius 2 is 1.43 bits per heavy atom. The van der Waals surface area contributed by atoms with Crippen LogP contribution in [0.1, 0.15) is 35.7 Å². The molecular formula is C17H13N3O7S. The van der Waals surface area contributed by atoms with Gasteiger partial charge in [0.1, 0.15) is 0 Å². The van der Waals surface area contributed by atoms with Crippen LogP contribution in [0.15, 0.2) is 29.2 Å². The van der Waals surface area contributed by atoms with E-state index in [4.69, 9.17) is 0 Å². The van der Waals surface area contributed by atoms with Crippen molar-refractivity contribution in [2.45, 2.75) is 24.7 Å². The summed E-state index contributed by atoms with van der Waals surface area (Å²) < 4.78 is 0. The Morgan fingerprint density at radius 3 is 1.96 bits per heavy atom. The SMILES string of the molecule is CCCCSc1cc2c(c([N+](=O)[O-])c1)-c1c(cc([N+](=O)[O-])cc1[N+](=O)[O-])C2=O. The number of nitrogens with zero attached hydrogens (tertiary/aromatic N) is 3. The number of nitro groups is 3. The molecule has 0 amide bonds. The van der Waals surface area contributed by atoms with E-state index >= 15 is 0 Å². The molecule has 2 aromatic carbocycles. The maximum atomic E-state index is 12.8. The van der Waals surface area contributed by atoms with Crippen molar-refractivity contribution in [1.29, 1.82) is 0 Å². The van der Waals surface area contributed by atoms with Gasteiger partial charge in [0, 0.05) is 28.2 Å². The van der Waals surface area contributed by atoms with Crippen molar-refractivity contribution in [3.8, 4) is 11.1 Å². The van der Waals surface area contributed by atoms with E-state index in [-0.39, 0.29) is 22.3 Å². The van der Waals surface area contributed by atoms with Crippen LogP contribution in [0.3, 0.4) is 0 Å². The summed E-state index contributed by atoms with van der Waals surface area (Å²) in [6.07, 6.45) is 1.81. The summed E-state index contributed by atoms with van der Waals surface area (Å²) in [5.41, 5.74) is -2.47. The molecule has 0 unspecified atom stereocenters. The molecular weight excluding hydrogens is 390 g/mol. The molecule has 0 heterocycles. The number of ketones is 1. The number of fused-ring (bicyclic) bond motifs is 3. The monoisotopic (exact) mass is 403 g/mol. The summed E-state index contributed by atoms with van der Waals surface area (Å²) in [4.78, 5) is 45.1. The number of unbranched alkanes of at least 4 members (excludes halogenated alkanes) is 1. The highest BCUT2D eigenvalue weighted by Gasteiger charge is 2.41. The van der Waals surface area contributed by atoms with Gasteiger partial charge < -0.3 is 0 Å². The lowest BCUT2D eigenvalue weighted by Crippen LogP contribution is -1.99. The largest absolute Gasteiger partial charge is 0.289 e. The fourth-order valence-electron chi connectivity index (χ4n) is 3.05. The number of carbonyl (C=O) groups excluding carboxylic acids is 1. The van der Waals surface area contributed by atoms with Gasteiger partial charge in [-0.3, -0.25) is 35.1 Å². The van der Waals surface area contributed by atoms with Gasteiger partial charge in [-0.2, -0.15) is 0 Å². The molecule has 11 heteroatoms. The fourth-order valence-corrected chi connectivity index (χ4v) is 4.12. The zero-order chi connectivity index (χ0) is 20.6. The number of rotatable bonds is 7. The molecule has 0 aliphatic heterocycles. The third-order valence-electron chi connectivity index (χ3n) is 4.30. The molecule has 1 aliphatic carbocycles. The average Bonchev–Trinajstić information content (AvgIpc) is 2.93. The molecule has 28 heavy (non-hydrogen) atoms. The Hall–Kier alpha value is -3.34. The smallest absolute Gasteiger partial charge is 0.285 e. The second-order valence-corrected chi connectivity index (χ2v) is 7.22. The van der Waals surface area contributed by atoms with Crippen LogP contribution in [0.2, 0.25) is 0 Å². The summed E-state index contributed by atoms with van der Waals surface area (Å²) in [7, 11) is 0. The Labute approximate surface area is 162 Å². The van der Waals surface area contributed by atoms with Gasteiger partial charge in [0.05, 0.1) is 32.0 Å².